The number of benzene rings is 1. The fourth-order valence-electron chi connectivity index (χ4n) is 2.68. The first-order chi connectivity index (χ1) is 10.8. The van der Waals surface area contributed by atoms with Gasteiger partial charge in [0.2, 0.25) is 15.9 Å². The van der Waals surface area contributed by atoms with Crippen LogP contribution in [0.15, 0.2) is 18.2 Å². The zero-order valence-corrected chi connectivity index (χ0v) is 15.2. The Balaban J connectivity index is 2.18. The van der Waals surface area contributed by atoms with Crippen LogP contribution >= 0.6 is 23.2 Å². The highest BCUT2D eigenvalue weighted by Crippen LogP contribution is 2.27. The molecule has 1 aromatic carbocycles. The number of carbonyl (C=O) groups is 1. The lowest BCUT2D eigenvalue weighted by atomic mass is 10.0. The van der Waals surface area contributed by atoms with Gasteiger partial charge in [0.25, 0.3) is 0 Å². The molecular formula is C15H20Cl2N2O3S. The van der Waals surface area contributed by atoms with Crippen molar-refractivity contribution >= 4 is 44.8 Å². The molecule has 1 N–H and O–H groups in total. The van der Waals surface area contributed by atoms with Gasteiger partial charge in [-0.2, -0.15) is 4.31 Å². The van der Waals surface area contributed by atoms with E-state index in [1.165, 1.54) is 10.4 Å². The second kappa shape index (κ2) is 7.83. The normalized spacial score (nSPS) is 19.5. The topological polar surface area (TPSA) is 66.5 Å². The largest absolute Gasteiger partial charge is 0.323 e. The number of nitrogens with one attached hydrogen (secondary N) is 1. The number of sulfonamides is 1. The summed E-state index contributed by atoms with van der Waals surface area (Å²) in [6.07, 6.45) is 2.63. The molecule has 0 radical (unpaired) electrons. The number of halogens is 2. The van der Waals surface area contributed by atoms with Gasteiger partial charge in [-0.25, -0.2) is 8.42 Å². The molecule has 2 rings (SSSR count). The van der Waals surface area contributed by atoms with Crippen LogP contribution in [0, 0.1) is 0 Å². The van der Waals surface area contributed by atoms with E-state index in [0.717, 1.165) is 12.8 Å². The summed E-state index contributed by atoms with van der Waals surface area (Å²) in [6.45, 7) is 2.19. The van der Waals surface area contributed by atoms with Crippen molar-refractivity contribution in [2.75, 3.05) is 17.6 Å². The zero-order valence-electron chi connectivity index (χ0n) is 12.9. The molecular weight excluding hydrogens is 359 g/mol. The minimum absolute atomic E-state index is 0.0540. The Bertz CT molecular complexity index is 679. The van der Waals surface area contributed by atoms with E-state index in [1.54, 1.807) is 12.1 Å². The predicted octanol–water partition coefficient (Wildman–Crippen LogP) is 3.53. The maximum absolute atomic E-state index is 12.6. The van der Waals surface area contributed by atoms with Gasteiger partial charge in [-0.1, -0.05) is 36.5 Å². The van der Waals surface area contributed by atoms with E-state index in [9.17, 15) is 13.2 Å². The molecule has 1 fully saturated rings. The fraction of sp³-hybridized carbons (Fsp3) is 0.533. The molecule has 0 saturated carbocycles. The SMILES string of the molecule is CCCS(=O)(=O)N1CCCCC1C(=O)Nc1ccc(Cl)cc1Cl. The van der Waals surface area contributed by atoms with Gasteiger partial charge in [-0.3, -0.25) is 4.79 Å². The second-order valence-corrected chi connectivity index (χ2v) is 8.44. The summed E-state index contributed by atoms with van der Waals surface area (Å²) in [5, 5.41) is 3.51. The van der Waals surface area contributed by atoms with Gasteiger partial charge in [-0.05, 0) is 37.5 Å². The van der Waals surface area contributed by atoms with E-state index >= 15 is 0 Å². The summed E-state index contributed by atoms with van der Waals surface area (Å²) in [4.78, 5) is 12.6. The third-order valence-corrected chi connectivity index (χ3v) is 6.39. The van der Waals surface area contributed by atoms with Gasteiger partial charge < -0.3 is 5.32 Å². The lowest BCUT2D eigenvalue weighted by Gasteiger charge is -2.33. The maximum atomic E-state index is 12.6. The van der Waals surface area contributed by atoms with Crippen molar-refractivity contribution in [3.8, 4) is 0 Å². The quantitative estimate of drug-likeness (QED) is 0.851. The Hall–Kier alpha value is -0.820. The number of carbonyl (C=O) groups excluding carboxylic acids is 1. The van der Waals surface area contributed by atoms with Crippen LogP contribution < -0.4 is 5.32 Å². The summed E-state index contributed by atoms with van der Waals surface area (Å²) in [5.41, 5.74) is 0.430. The van der Waals surface area contributed by atoms with Gasteiger partial charge in [0.15, 0.2) is 0 Å². The summed E-state index contributed by atoms with van der Waals surface area (Å²) in [5.74, 6) is -0.299. The molecule has 1 saturated heterocycles. The van der Waals surface area contributed by atoms with E-state index in [0.29, 0.717) is 35.1 Å². The molecule has 0 aromatic heterocycles. The van der Waals surface area contributed by atoms with Gasteiger partial charge >= 0.3 is 0 Å². The summed E-state index contributed by atoms with van der Waals surface area (Å²) < 4.78 is 26.1. The highest BCUT2D eigenvalue weighted by Gasteiger charge is 2.36. The Morgan fingerprint density at radius 2 is 2.09 bits per heavy atom. The molecule has 0 bridgehead atoms. The van der Waals surface area contributed by atoms with Crippen molar-refractivity contribution in [3.63, 3.8) is 0 Å². The molecule has 5 nitrogen and oxygen atoms in total. The second-order valence-electron chi connectivity index (χ2n) is 5.55. The summed E-state index contributed by atoms with van der Waals surface area (Å²) in [7, 11) is -3.42. The third kappa shape index (κ3) is 4.59. The Kier molecular flexibility index (Phi) is 6.31. The molecule has 1 atom stereocenters. The molecule has 1 heterocycles. The van der Waals surface area contributed by atoms with Crippen LogP contribution in [0.3, 0.4) is 0 Å². The maximum Gasteiger partial charge on any atom is 0.242 e. The smallest absolute Gasteiger partial charge is 0.242 e. The van der Waals surface area contributed by atoms with Crippen LogP contribution in [0.25, 0.3) is 0 Å². The van der Waals surface area contributed by atoms with Crippen molar-refractivity contribution in [1.29, 1.82) is 0 Å². The third-order valence-electron chi connectivity index (χ3n) is 3.76. The standard InChI is InChI=1S/C15H20Cl2N2O3S/c1-2-9-23(21,22)19-8-4-3-5-14(19)15(20)18-13-7-6-11(16)10-12(13)17/h6-7,10,14H,2-5,8-9H2,1H3,(H,18,20). The molecule has 1 amide bonds. The van der Waals surface area contributed by atoms with Gasteiger partial charge in [-0.15, -0.1) is 0 Å². The van der Waals surface area contributed by atoms with Crippen LogP contribution in [0.5, 0.6) is 0 Å². The van der Waals surface area contributed by atoms with E-state index in [-0.39, 0.29) is 11.7 Å². The summed E-state index contributed by atoms with van der Waals surface area (Å²) >= 11 is 11.9. The molecule has 23 heavy (non-hydrogen) atoms. The van der Waals surface area contributed by atoms with Crippen LogP contribution in [-0.4, -0.2) is 37.0 Å². The monoisotopic (exact) mass is 378 g/mol. The van der Waals surface area contributed by atoms with Crippen molar-refractivity contribution in [3.05, 3.63) is 28.2 Å². The minimum Gasteiger partial charge on any atom is -0.323 e. The number of hydrogen-bond donors (Lipinski definition) is 1. The van der Waals surface area contributed by atoms with Crippen LogP contribution in [-0.2, 0) is 14.8 Å². The Labute approximate surface area is 147 Å². The molecule has 1 aliphatic rings. The van der Waals surface area contributed by atoms with Crippen LogP contribution in [0.1, 0.15) is 32.6 Å². The number of piperidine rings is 1. The molecule has 8 heteroatoms. The Morgan fingerprint density at radius 1 is 1.35 bits per heavy atom. The number of rotatable bonds is 5. The zero-order chi connectivity index (χ0) is 17.0. The van der Waals surface area contributed by atoms with Gasteiger partial charge in [0.1, 0.15) is 6.04 Å². The first kappa shape index (κ1) is 18.5. The first-order valence-electron chi connectivity index (χ1n) is 7.60. The van der Waals surface area contributed by atoms with Crippen molar-refractivity contribution in [2.24, 2.45) is 0 Å². The van der Waals surface area contributed by atoms with Gasteiger partial charge in [0, 0.05) is 11.6 Å². The molecule has 1 aromatic rings. The minimum atomic E-state index is -3.42. The molecule has 1 unspecified atom stereocenters. The van der Waals surface area contributed by atoms with Gasteiger partial charge in [0.05, 0.1) is 16.5 Å². The van der Waals surface area contributed by atoms with E-state index < -0.39 is 16.1 Å². The predicted molar refractivity (Wildman–Crippen MR) is 93.5 cm³/mol. The van der Waals surface area contributed by atoms with Crippen molar-refractivity contribution in [2.45, 2.75) is 38.6 Å². The van der Waals surface area contributed by atoms with E-state index in [1.807, 2.05) is 6.92 Å². The highest BCUT2D eigenvalue weighted by molar-refractivity contribution is 7.89. The number of hydrogen-bond acceptors (Lipinski definition) is 3. The first-order valence-corrected chi connectivity index (χ1v) is 9.97. The number of nitrogens with zero attached hydrogens (tertiary/aromatic N) is 1. The van der Waals surface area contributed by atoms with Crippen molar-refractivity contribution in [1.82, 2.24) is 4.31 Å². The molecule has 1 aliphatic heterocycles. The lowest BCUT2D eigenvalue weighted by molar-refractivity contribution is -0.120. The summed E-state index contributed by atoms with van der Waals surface area (Å²) in [6, 6.07) is 4.07. The van der Waals surface area contributed by atoms with E-state index in [4.69, 9.17) is 23.2 Å². The average molecular weight is 379 g/mol. The highest BCUT2D eigenvalue weighted by atomic mass is 35.5. The van der Waals surface area contributed by atoms with Crippen molar-refractivity contribution < 1.29 is 13.2 Å². The molecule has 0 aliphatic carbocycles. The van der Waals surface area contributed by atoms with Crippen LogP contribution in [0.2, 0.25) is 10.0 Å². The number of amides is 1. The van der Waals surface area contributed by atoms with Crippen LogP contribution in [0.4, 0.5) is 5.69 Å². The fourth-order valence-corrected chi connectivity index (χ4v) is 4.88. The lowest BCUT2D eigenvalue weighted by Crippen LogP contribution is -2.50. The Morgan fingerprint density at radius 3 is 2.74 bits per heavy atom. The average Bonchev–Trinajstić information content (AvgIpc) is 2.50. The number of anilines is 1. The molecule has 0 spiro atoms. The van der Waals surface area contributed by atoms with E-state index in [2.05, 4.69) is 5.32 Å². The molecule has 128 valence electrons.